The van der Waals surface area contributed by atoms with Gasteiger partial charge in [0.05, 0.1) is 0 Å². The van der Waals surface area contributed by atoms with Crippen LogP contribution in [0.1, 0.15) is 22.5 Å². The molecule has 0 aliphatic heterocycles. The second kappa shape index (κ2) is 4.53. The van der Waals surface area contributed by atoms with Crippen molar-refractivity contribution < 1.29 is 0 Å². The number of hydrogen-bond acceptors (Lipinski definition) is 3. The van der Waals surface area contributed by atoms with Crippen LogP contribution < -0.4 is 5.32 Å². The van der Waals surface area contributed by atoms with Crippen molar-refractivity contribution in [2.45, 2.75) is 27.7 Å². The minimum Gasteiger partial charge on any atom is -0.324 e. The van der Waals surface area contributed by atoms with Gasteiger partial charge < -0.3 is 5.32 Å². The van der Waals surface area contributed by atoms with Gasteiger partial charge in [-0.1, -0.05) is 18.2 Å². The van der Waals surface area contributed by atoms with E-state index in [-0.39, 0.29) is 0 Å². The van der Waals surface area contributed by atoms with Crippen LogP contribution >= 0.6 is 0 Å². The van der Waals surface area contributed by atoms with Crippen LogP contribution in [-0.2, 0) is 0 Å². The van der Waals surface area contributed by atoms with Crippen LogP contribution in [0.4, 0.5) is 11.6 Å². The highest BCUT2D eigenvalue weighted by molar-refractivity contribution is 5.62. The predicted octanol–water partition coefficient (Wildman–Crippen LogP) is 3.45. The van der Waals surface area contributed by atoms with Crippen molar-refractivity contribution in [3.63, 3.8) is 0 Å². The van der Waals surface area contributed by atoms with Gasteiger partial charge in [0.15, 0.2) is 0 Å². The molecule has 3 nitrogen and oxygen atoms in total. The molecule has 1 heterocycles. The van der Waals surface area contributed by atoms with Gasteiger partial charge in [-0.3, -0.25) is 0 Å². The quantitative estimate of drug-likeness (QED) is 0.853. The van der Waals surface area contributed by atoms with Gasteiger partial charge in [0.2, 0.25) is 5.95 Å². The van der Waals surface area contributed by atoms with Gasteiger partial charge in [-0.05, 0) is 44.9 Å². The Hall–Kier alpha value is -1.90. The SMILES string of the molecule is Cc1cc(C)nc(Nc2c(C)cccc2C)n1. The number of nitrogens with one attached hydrogen (secondary N) is 1. The van der Waals surface area contributed by atoms with Crippen molar-refractivity contribution in [2.75, 3.05) is 5.32 Å². The van der Waals surface area contributed by atoms with E-state index in [1.807, 2.05) is 19.9 Å². The Morgan fingerprint density at radius 2 is 1.41 bits per heavy atom. The average Bonchev–Trinajstić information content (AvgIpc) is 2.22. The molecule has 3 heteroatoms. The molecule has 1 aromatic heterocycles. The molecular weight excluding hydrogens is 210 g/mol. The Bertz CT molecular complexity index is 507. The lowest BCUT2D eigenvalue weighted by Crippen LogP contribution is -2.02. The smallest absolute Gasteiger partial charge is 0.227 e. The van der Waals surface area contributed by atoms with Crippen molar-refractivity contribution in [3.8, 4) is 0 Å². The lowest BCUT2D eigenvalue weighted by molar-refractivity contribution is 1.06. The van der Waals surface area contributed by atoms with E-state index in [0.717, 1.165) is 17.1 Å². The normalized spacial score (nSPS) is 10.4. The Kier molecular flexibility index (Phi) is 3.09. The number of hydrogen-bond donors (Lipinski definition) is 1. The molecule has 17 heavy (non-hydrogen) atoms. The molecule has 0 aliphatic carbocycles. The topological polar surface area (TPSA) is 37.8 Å². The largest absolute Gasteiger partial charge is 0.324 e. The van der Waals surface area contributed by atoms with E-state index in [4.69, 9.17) is 0 Å². The van der Waals surface area contributed by atoms with Gasteiger partial charge in [-0.25, -0.2) is 9.97 Å². The lowest BCUT2D eigenvalue weighted by atomic mass is 10.1. The summed E-state index contributed by atoms with van der Waals surface area (Å²) in [6.45, 7) is 8.12. The molecule has 0 aliphatic rings. The standard InChI is InChI=1S/C14H17N3/c1-9-6-5-7-10(2)13(9)17-14-15-11(3)8-12(4)16-14/h5-8H,1-4H3,(H,15,16,17). The summed E-state index contributed by atoms with van der Waals surface area (Å²) in [7, 11) is 0. The molecule has 0 bridgehead atoms. The van der Waals surface area contributed by atoms with Gasteiger partial charge in [-0.2, -0.15) is 0 Å². The molecule has 0 saturated carbocycles. The Labute approximate surface area is 102 Å². The van der Waals surface area contributed by atoms with Crippen LogP contribution in [0.5, 0.6) is 0 Å². The van der Waals surface area contributed by atoms with Gasteiger partial charge in [0, 0.05) is 17.1 Å². The minimum absolute atomic E-state index is 0.667. The highest BCUT2D eigenvalue weighted by Crippen LogP contribution is 2.22. The van der Waals surface area contributed by atoms with E-state index < -0.39 is 0 Å². The summed E-state index contributed by atoms with van der Waals surface area (Å²) < 4.78 is 0. The van der Waals surface area contributed by atoms with E-state index >= 15 is 0 Å². The molecule has 0 saturated heterocycles. The first-order valence-electron chi connectivity index (χ1n) is 5.72. The fourth-order valence-corrected chi connectivity index (χ4v) is 1.91. The maximum atomic E-state index is 4.39. The van der Waals surface area contributed by atoms with Gasteiger partial charge in [0.1, 0.15) is 0 Å². The Balaban J connectivity index is 2.38. The molecule has 2 rings (SSSR count). The summed E-state index contributed by atoms with van der Waals surface area (Å²) in [5.41, 5.74) is 5.45. The number of para-hydroxylation sites is 1. The monoisotopic (exact) mass is 227 g/mol. The fraction of sp³-hybridized carbons (Fsp3) is 0.286. The van der Waals surface area contributed by atoms with E-state index in [1.54, 1.807) is 0 Å². The van der Waals surface area contributed by atoms with E-state index in [9.17, 15) is 0 Å². The molecule has 2 aromatic rings. The van der Waals surface area contributed by atoms with Crippen molar-refractivity contribution in [3.05, 3.63) is 46.8 Å². The maximum absolute atomic E-state index is 4.39. The number of rotatable bonds is 2. The molecular formula is C14H17N3. The molecule has 0 spiro atoms. The van der Waals surface area contributed by atoms with Crippen molar-refractivity contribution >= 4 is 11.6 Å². The van der Waals surface area contributed by atoms with E-state index in [1.165, 1.54) is 11.1 Å². The number of anilines is 2. The molecule has 0 radical (unpaired) electrons. The number of benzene rings is 1. The van der Waals surface area contributed by atoms with Crippen LogP contribution in [0.25, 0.3) is 0 Å². The zero-order valence-electron chi connectivity index (χ0n) is 10.7. The van der Waals surface area contributed by atoms with Crippen LogP contribution in [-0.4, -0.2) is 9.97 Å². The summed E-state index contributed by atoms with van der Waals surface area (Å²) in [4.78, 5) is 8.78. The van der Waals surface area contributed by atoms with Crippen LogP contribution in [0.15, 0.2) is 24.3 Å². The average molecular weight is 227 g/mol. The molecule has 1 aromatic carbocycles. The first-order chi connectivity index (χ1) is 8.06. The summed E-state index contributed by atoms with van der Waals surface area (Å²) >= 11 is 0. The van der Waals surface area contributed by atoms with Crippen molar-refractivity contribution in [1.82, 2.24) is 9.97 Å². The summed E-state index contributed by atoms with van der Waals surface area (Å²) in [5.74, 6) is 0.667. The second-order valence-corrected chi connectivity index (χ2v) is 4.37. The third-order valence-corrected chi connectivity index (χ3v) is 2.70. The third-order valence-electron chi connectivity index (χ3n) is 2.70. The van der Waals surface area contributed by atoms with Gasteiger partial charge >= 0.3 is 0 Å². The molecule has 0 atom stereocenters. The Morgan fingerprint density at radius 3 is 1.94 bits per heavy atom. The first kappa shape index (κ1) is 11.6. The van der Waals surface area contributed by atoms with Gasteiger partial charge in [0.25, 0.3) is 0 Å². The highest BCUT2D eigenvalue weighted by atomic mass is 15.1. The molecule has 1 N–H and O–H groups in total. The molecule has 0 amide bonds. The zero-order valence-corrected chi connectivity index (χ0v) is 10.7. The third kappa shape index (κ3) is 2.61. The molecule has 0 unspecified atom stereocenters. The first-order valence-corrected chi connectivity index (χ1v) is 5.72. The summed E-state index contributed by atoms with van der Waals surface area (Å²) in [6.07, 6.45) is 0. The van der Waals surface area contributed by atoms with E-state index in [0.29, 0.717) is 5.95 Å². The zero-order chi connectivity index (χ0) is 12.4. The Morgan fingerprint density at radius 1 is 0.882 bits per heavy atom. The lowest BCUT2D eigenvalue weighted by Gasteiger charge is -2.11. The van der Waals surface area contributed by atoms with Crippen LogP contribution in [0.2, 0.25) is 0 Å². The van der Waals surface area contributed by atoms with Crippen LogP contribution in [0, 0.1) is 27.7 Å². The molecule has 0 fully saturated rings. The maximum Gasteiger partial charge on any atom is 0.227 e. The molecule has 88 valence electrons. The highest BCUT2D eigenvalue weighted by Gasteiger charge is 2.05. The second-order valence-electron chi connectivity index (χ2n) is 4.37. The van der Waals surface area contributed by atoms with Crippen LogP contribution in [0.3, 0.4) is 0 Å². The minimum atomic E-state index is 0.667. The number of aromatic nitrogens is 2. The summed E-state index contributed by atoms with van der Waals surface area (Å²) in [6, 6.07) is 8.18. The van der Waals surface area contributed by atoms with Crippen molar-refractivity contribution in [1.29, 1.82) is 0 Å². The predicted molar refractivity (Wildman–Crippen MR) is 70.7 cm³/mol. The number of aryl methyl sites for hydroxylation is 4. The van der Waals surface area contributed by atoms with Crippen molar-refractivity contribution in [2.24, 2.45) is 0 Å². The van der Waals surface area contributed by atoms with E-state index in [2.05, 4.69) is 47.3 Å². The fourth-order valence-electron chi connectivity index (χ4n) is 1.91. The number of nitrogens with zero attached hydrogens (tertiary/aromatic N) is 2. The van der Waals surface area contributed by atoms with Gasteiger partial charge in [-0.15, -0.1) is 0 Å². The summed E-state index contributed by atoms with van der Waals surface area (Å²) in [5, 5.41) is 3.30.